The number of rotatable bonds is 7. The van der Waals surface area contributed by atoms with Gasteiger partial charge in [0, 0.05) is 18.6 Å². The lowest BCUT2D eigenvalue weighted by Gasteiger charge is -2.29. The number of aliphatic hydroxyl groups is 1. The SMILES string of the molecule is CCC(C)(CC)NC(=O)NC(CCO)C(=O)O. The van der Waals surface area contributed by atoms with E-state index in [0.29, 0.717) is 0 Å². The summed E-state index contributed by atoms with van der Waals surface area (Å²) in [6, 6.07) is -1.57. The fourth-order valence-corrected chi connectivity index (χ4v) is 1.28. The third-order valence-corrected chi connectivity index (χ3v) is 3.00. The van der Waals surface area contributed by atoms with Crippen molar-refractivity contribution in [2.24, 2.45) is 0 Å². The summed E-state index contributed by atoms with van der Waals surface area (Å²) in [4.78, 5) is 22.4. The van der Waals surface area contributed by atoms with E-state index >= 15 is 0 Å². The van der Waals surface area contributed by atoms with Crippen molar-refractivity contribution in [1.82, 2.24) is 10.6 Å². The molecule has 0 bridgehead atoms. The molecular formula is C11H22N2O4. The number of aliphatic hydroxyl groups excluding tert-OH is 1. The summed E-state index contributed by atoms with van der Waals surface area (Å²) < 4.78 is 0. The molecule has 0 aromatic heterocycles. The van der Waals surface area contributed by atoms with Crippen molar-refractivity contribution in [3.63, 3.8) is 0 Å². The summed E-state index contributed by atoms with van der Waals surface area (Å²) in [5, 5.41) is 22.6. The van der Waals surface area contributed by atoms with Crippen LogP contribution in [0, 0.1) is 0 Å². The van der Waals surface area contributed by atoms with Gasteiger partial charge in [-0.1, -0.05) is 13.8 Å². The van der Waals surface area contributed by atoms with Crippen molar-refractivity contribution in [2.45, 2.75) is 51.6 Å². The molecule has 0 saturated heterocycles. The largest absolute Gasteiger partial charge is 0.480 e. The van der Waals surface area contributed by atoms with Gasteiger partial charge in [0.05, 0.1) is 0 Å². The molecule has 0 saturated carbocycles. The molecule has 0 aliphatic rings. The highest BCUT2D eigenvalue weighted by molar-refractivity contribution is 5.82. The predicted molar refractivity (Wildman–Crippen MR) is 63.8 cm³/mol. The van der Waals surface area contributed by atoms with E-state index in [-0.39, 0.29) is 18.6 Å². The lowest BCUT2D eigenvalue weighted by Crippen LogP contribution is -2.53. The van der Waals surface area contributed by atoms with Gasteiger partial charge in [-0.2, -0.15) is 0 Å². The Morgan fingerprint density at radius 2 is 1.82 bits per heavy atom. The first-order chi connectivity index (χ1) is 7.88. The molecule has 0 aliphatic heterocycles. The second kappa shape index (κ2) is 7.11. The van der Waals surface area contributed by atoms with Crippen LogP contribution >= 0.6 is 0 Å². The van der Waals surface area contributed by atoms with Crippen LogP contribution in [-0.2, 0) is 4.79 Å². The lowest BCUT2D eigenvalue weighted by atomic mass is 9.96. The molecule has 0 aliphatic carbocycles. The van der Waals surface area contributed by atoms with Crippen molar-refractivity contribution in [1.29, 1.82) is 0 Å². The van der Waals surface area contributed by atoms with Crippen molar-refractivity contribution in [2.75, 3.05) is 6.61 Å². The third-order valence-electron chi connectivity index (χ3n) is 3.00. The summed E-state index contributed by atoms with van der Waals surface area (Å²) in [5.41, 5.74) is -0.341. The average Bonchev–Trinajstić information content (AvgIpc) is 2.28. The van der Waals surface area contributed by atoms with Gasteiger partial charge in [-0.15, -0.1) is 0 Å². The van der Waals surface area contributed by atoms with Crippen LogP contribution in [0.1, 0.15) is 40.0 Å². The Balaban J connectivity index is 4.37. The van der Waals surface area contributed by atoms with E-state index in [1.165, 1.54) is 0 Å². The lowest BCUT2D eigenvalue weighted by molar-refractivity contribution is -0.139. The quantitative estimate of drug-likeness (QED) is 0.531. The summed E-state index contributed by atoms with van der Waals surface area (Å²) in [6.45, 7) is 5.52. The molecule has 1 atom stereocenters. The summed E-state index contributed by atoms with van der Waals surface area (Å²) in [7, 11) is 0. The van der Waals surface area contributed by atoms with E-state index in [2.05, 4.69) is 10.6 Å². The van der Waals surface area contributed by atoms with Crippen LogP contribution in [0.25, 0.3) is 0 Å². The van der Waals surface area contributed by atoms with Gasteiger partial charge in [0.2, 0.25) is 0 Å². The maximum absolute atomic E-state index is 11.6. The molecule has 0 fully saturated rings. The van der Waals surface area contributed by atoms with E-state index in [0.717, 1.165) is 12.8 Å². The molecule has 0 spiro atoms. The number of amides is 2. The molecule has 2 amide bonds. The second-order valence-corrected chi connectivity index (χ2v) is 4.27. The Bertz CT molecular complexity index is 264. The van der Waals surface area contributed by atoms with Gasteiger partial charge in [0.1, 0.15) is 6.04 Å². The van der Waals surface area contributed by atoms with Crippen LogP contribution < -0.4 is 10.6 Å². The van der Waals surface area contributed by atoms with E-state index < -0.39 is 18.0 Å². The van der Waals surface area contributed by atoms with Gasteiger partial charge in [-0.25, -0.2) is 9.59 Å². The number of hydrogen-bond donors (Lipinski definition) is 4. The minimum absolute atomic E-state index is 0.00226. The Hall–Kier alpha value is -1.30. The fraction of sp³-hybridized carbons (Fsp3) is 0.818. The highest BCUT2D eigenvalue weighted by Crippen LogP contribution is 2.13. The molecular weight excluding hydrogens is 224 g/mol. The van der Waals surface area contributed by atoms with Crippen LogP contribution in [0.3, 0.4) is 0 Å². The van der Waals surface area contributed by atoms with Gasteiger partial charge < -0.3 is 20.8 Å². The van der Waals surface area contributed by atoms with E-state index in [1.807, 2.05) is 20.8 Å². The summed E-state index contributed by atoms with van der Waals surface area (Å²) in [6.07, 6.45) is 1.51. The number of carbonyl (C=O) groups is 2. The maximum atomic E-state index is 11.6. The molecule has 100 valence electrons. The zero-order valence-corrected chi connectivity index (χ0v) is 10.6. The molecule has 0 rings (SSSR count). The number of urea groups is 1. The number of nitrogens with one attached hydrogen (secondary N) is 2. The average molecular weight is 246 g/mol. The summed E-state index contributed by atoms with van der Waals surface area (Å²) >= 11 is 0. The highest BCUT2D eigenvalue weighted by Gasteiger charge is 2.25. The standard InChI is InChI=1S/C11H22N2O4/c1-4-11(3,5-2)13-10(17)12-8(6-7-14)9(15)16/h8,14H,4-7H2,1-3H3,(H,15,16)(H2,12,13,17). The zero-order valence-electron chi connectivity index (χ0n) is 10.6. The number of carbonyl (C=O) groups excluding carboxylic acids is 1. The van der Waals surface area contributed by atoms with Gasteiger partial charge in [-0.3, -0.25) is 0 Å². The van der Waals surface area contributed by atoms with Crippen molar-refractivity contribution >= 4 is 12.0 Å². The van der Waals surface area contributed by atoms with Crippen molar-refractivity contribution in [3.8, 4) is 0 Å². The fourth-order valence-electron chi connectivity index (χ4n) is 1.28. The van der Waals surface area contributed by atoms with E-state index in [9.17, 15) is 9.59 Å². The van der Waals surface area contributed by atoms with Gasteiger partial charge in [0.15, 0.2) is 0 Å². The molecule has 17 heavy (non-hydrogen) atoms. The highest BCUT2D eigenvalue weighted by atomic mass is 16.4. The molecule has 6 nitrogen and oxygen atoms in total. The topological polar surface area (TPSA) is 98.7 Å². The Labute approximate surface area is 101 Å². The van der Waals surface area contributed by atoms with Crippen molar-refractivity contribution in [3.05, 3.63) is 0 Å². The third kappa shape index (κ3) is 5.53. The molecule has 0 heterocycles. The predicted octanol–water partition coefficient (Wildman–Crippen LogP) is 0.700. The minimum atomic E-state index is -1.15. The van der Waals surface area contributed by atoms with Gasteiger partial charge in [0.25, 0.3) is 0 Å². The minimum Gasteiger partial charge on any atom is -0.480 e. The van der Waals surface area contributed by atoms with Crippen molar-refractivity contribution < 1.29 is 19.8 Å². The van der Waals surface area contributed by atoms with E-state index in [1.54, 1.807) is 0 Å². The molecule has 0 aromatic carbocycles. The molecule has 6 heteroatoms. The smallest absolute Gasteiger partial charge is 0.326 e. The maximum Gasteiger partial charge on any atom is 0.326 e. The Morgan fingerprint density at radius 3 is 2.18 bits per heavy atom. The van der Waals surface area contributed by atoms with Crippen LogP contribution in [-0.4, -0.2) is 40.4 Å². The van der Waals surface area contributed by atoms with E-state index in [4.69, 9.17) is 10.2 Å². The number of hydrogen-bond acceptors (Lipinski definition) is 3. The second-order valence-electron chi connectivity index (χ2n) is 4.27. The normalized spacial score (nSPS) is 12.9. The monoisotopic (exact) mass is 246 g/mol. The van der Waals surface area contributed by atoms with Crippen LogP contribution in [0.2, 0.25) is 0 Å². The number of carboxylic acids is 1. The zero-order chi connectivity index (χ0) is 13.5. The van der Waals surface area contributed by atoms with Gasteiger partial charge >= 0.3 is 12.0 Å². The molecule has 1 unspecified atom stereocenters. The first kappa shape index (κ1) is 15.7. The molecule has 0 aromatic rings. The Morgan fingerprint density at radius 1 is 1.29 bits per heavy atom. The summed E-state index contributed by atoms with van der Waals surface area (Å²) in [5.74, 6) is -1.15. The molecule has 4 N–H and O–H groups in total. The van der Waals surface area contributed by atoms with Crippen LogP contribution in [0.15, 0.2) is 0 Å². The molecule has 0 radical (unpaired) electrons. The van der Waals surface area contributed by atoms with Crippen LogP contribution in [0.5, 0.6) is 0 Å². The number of aliphatic carboxylic acids is 1. The Kier molecular flexibility index (Phi) is 6.57. The first-order valence-corrected chi connectivity index (χ1v) is 5.81. The van der Waals surface area contributed by atoms with Crippen LogP contribution in [0.4, 0.5) is 4.79 Å². The number of carboxylic acid groups (broad SMARTS) is 1. The first-order valence-electron chi connectivity index (χ1n) is 5.81. The van der Waals surface area contributed by atoms with Gasteiger partial charge in [-0.05, 0) is 19.8 Å².